The van der Waals surface area contributed by atoms with Gasteiger partial charge in [0.25, 0.3) is 0 Å². The Bertz CT molecular complexity index is 235. The number of nitrogens with zero attached hydrogens (tertiary/aromatic N) is 1. The Kier molecular flexibility index (Phi) is 5.92. The van der Waals surface area contributed by atoms with Gasteiger partial charge in [-0.2, -0.15) is 0 Å². The lowest BCUT2D eigenvalue weighted by Crippen LogP contribution is -2.53. The van der Waals surface area contributed by atoms with Crippen LogP contribution < -0.4 is 10.6 Å². The molecule has 1 unspecified atom stereocenters. The van der Waals surface area contributed by atoms with Crippen LogP contribution in [0.15, 0.2) is 0 Å². The second kappa shape index (κ2) is 6.97. The highest BCUT2D eigenvalue weighted by molar-refractivity contribution is 5.80. The van der Waals surface area contributed by atoms with Crippen molar-refractivity contribution in [3.63, 3.8) is 0 Å². The quantitative estimate of drug-likeness (QED) is 0.689. The van der Waals surface area contributed by atoms with Crippen molar-refractivity contribution in [2.75, 3.05) is 33.7 Å². The molecule has 1 rings (SSSR count). The minimum atomic E-state index is 0.194. The first-order valence-corrected chi connectivity index (χ1v) is 6.74. The van der Waals surface area contributed by atoms with Gasteiger partial charge >= 0.3 is 0 Å². The van der Waals surface area contributed by atoms with Gasteiger partial charge in [0.2, 0.25) is 5.91 Å². The molecule has 1 aliphatic rings. The van der Waals surface area contributed by atoms with E-state index in [1.165, 1.54) is 12.8 Å². The molecule has 1 heterocycles. The van der Waals surface area contributed by atoms with E-state index in [0.717, 1.165) is 19.6 Å². The van der Waals surface area contributed by atoms with Crippen molar-refractivity contribution in [2.45, 2.75) is 32.7 Å². The van der Waals surface area contributed by atoms with Crippen LogP contribution in [-0.2, 0) is 4.79 Å². The molecule has 1 fully saturated rings. The SMILES string of the molecule is CCC(CC)C(CNC(=O)C1CNC1)N(C)C. The Balaban J connectivity index is 2.40. The molecule has 0 aromatic carbocycles. The zero-order valence-electron chi connectivity index (χ0n) is 11.6. The molecule has 4 heteroatoms. The highest BCUT2D eigenvalue weighted by Gasteiger charge is 2.27. The summed E-state index contributed by atoms with van der Waals surface area (Å²) in [6.45, 7) is 6.90. The Morgan fingerprint density at radius 1 is 1.35 bits per heavy atom. The highest BCUT2D eigenvalue weighted by Crippen LogP contribution is 2.16. The van der Waals surface area contributed by atoms with E-state index in [4.69, 9.17) is 0 Å². The first-order valence-electron chi connectivity index (χ1n) is 6.74. The van der Waals surface area contributed by atoms with E-state index in [2.05, 4.69) is 43.5 Å². The van der Waals surface area contributed by atoms with Crippen molar-refractivity contribution in [3.05, 3.63) is 0 Å². The molecule has 0 saturated carbocycles. The van der Waals surface area contributed by atoms with Crippen molar-refractivity contribution >= 4 is 5.91 Å². The van der Waals surface area contributed by atoms with Crippen molar-refractivity contribution in [1.82, 2.24) is 15.5 Å². The van der Waals surface area contributed by atoms with E-state index in [0.29, 0.717) is 12.0 Å². The minimum absolute atomic E-state index is 0.194. The standard InChI is InChI=1S/C13H27N3O/c1-5-10(6-2)12(16(3)4)9-15-13(17)11-7-14-8-11/h10-12,14H,5-9H2,1-4H3,(H,15,17). The van der Waals surface area contributed by atoms with Crippen LogP contribution in [0.25, 0.3) is 0 Å². The molecule has 1 amide bonds. The highest BCUT2D eigenvalue weighted by atomic mass is 16.2. The molecule has 0 radical (unpaired) electrons. The molecular weight excluding hydrogens is 214 g/mol. The predicted octanol–water partition coefficient (Wildman–Crippen LogP) is 0.688. The van der Waals surface area contributed by atoms with E-state index in [-0.39, 0.29) is 11.8 Å². The summed E-state index contributed by atoms with van der Waals surface area (Å²) in [6, 6.07) is 0.446. The number of hydrogen-bond donors (Lipinski definition) is 2. The zero-order valence-corrected chi connectivity index (χ0v) is 11.6. The summed E-state index contributed by atoms with van der Waals surface area (Å²) < 4.78 is 0. The van der Waals surface area contributed by atoms with Crippen LogP contribution in [0.5, 0.6) is 0 Å². The molecule has 2 N–H and O–H groups in total. The lowest BCUT2D eigenvalue weighted by atomic mass is 9.93. The molecule has 4 nitrogen and oxygen atoms in total. The summed E-state index contributed by atoms with van der Waals surface area (Å²) in [5.41, 5.74) is 0. The average molecular weight is 241 g/mol. The van der Waals surface area contributed by atoms with Crippen molar-refractivity contribution in [3.8, 4) is 0 Å². The van der Waals surface area contributed by atoms with Gasteiger partial charge in [-0.1, -0.05) is 26.7 Å². The first-order chi connectivity index (χ1) is 8.10. The Labute approximate surface area is 105 Å². The van der Waals surface area contributed by atoms with Crippen molar-refractivity contribution in [1.29, 1.82) is 0 Å². The fourth-order valence-electron chi connectivity index (χ4n) is 2.43. The number of nitrogens with one attached hydrogen (secondary N) is 2. The second-order valence-electron chi connectivity index (χ2n) is 5.21. The summed E-state index contributed by atoms with van der Waals surface area (Å²) in [6.07, 6.45) is 2.33. The number of carbonyl (C=O) groups is 1. The molecule has 17 heavy (non-hydrogen) atoms. The zero-order chi connectivity index (χ0) is 12.8. The van der Waals surface area contributed by atoms with Gasteiger partial charge < -0.3 is 15.5 Å². The van der Waals surface area contributed by atoms with E-state index in [1.54, 1.807) is 0 Å². The monoisotopic (exact) mass is 241 g/mol. The first kappa shape index (κ1) is 14.5. The number of amides is 1. The molecule has 1 atom stereocenters. The fraction of sp³-hybridized carbons (Fsp3) is 0.923. The number of rotatable bonds is 7. The third-order valence-corrected chi connectivity index (χ3v) is 3.89. The number of likely N-dealkylation sites (N-methyl/N-ethyl adjacent to an activating group) is 1. The molecular formula is C13H27N3O. The Morgan fingerprint density at radius 3 is 2.29 bits per heavy atom. The maximum absolute atomic E-state index is 11.8. The minimum Gasteiger partial charge on any atom is -0.354 e. The van der Waals surface area contributed by atoms with Crippen LogP contribution in [0.3, 0.4) is 0 Å². The lowest BCUT2D eigenvalue weighted by molar-refractivity contribution is -0.126. The van der Waals surface area contributed by atoms with Gasteiger partial charge in [0, 0.05) is 25.7 Å². The number of hydrogen-bond acceptors (Lipinski definition) is 3. The molecule has 0 spiro atoms. The van der Waals surface area contributed by atoms with Gasteiger partial charge in [0.15, 0.2) is 0 Å². The summed E-state index contributed by atoms with van der Waals surface area (Å²) in [5, 5.41) is 6.22. The van der Waals surface area contributed by atoms with E-state index in [1.807, 2.05) is 0 Å². The van der Waals surface area contributed by atoms with Crippen LogP contribution in [0, 0.1) is 11.8 Å². The Morgan fingerprint density at radius 2 is 1.94 bits per heavy atom. The van der Waals surface area contributed by atoms with Gasteiger partial charge in [-0.3, -0.25) is 4.79 Å². The van der Waals surface area contributed by atoms with Gasteiger partial charge in [-0.25, -0.2) is 0 Å². The molecule has 0 aromatic rings. The third-order valence-electron chi connectivity index (χ3n) is 3.89. The van der Waals surface area contributed by atoms with Crippen LogP contribution in [0.1, 0.15) is 26.7 Å². The van der Waals surface area contributed by atoms with Crippen LogP contribution >= 0.6 is 0 Å². The Hall–Kier alpha value is -0.610. The van der Waals surface area contributed by atoms with Crippen LogP contribution in [0.2, 0.25) is 0 Å². The van der Waals surface area contributed by atoms with Crippen LogP contribution in [-0.4, -0.2) is 50.6 Å². The van der Waals surface area contributed by atoms with E-state index in [9.17, 15) is 4.79 Å². The second-order valence-corrected chi connectivity index (χ2v) is 5.21. The maximum atomic E-state index is 11.8. The topological polar surface area (TPSA) is 44.4 Å². The smallest absolute Gasteiger partial charge is 0.225 e. The largest absolute Gasteiger partial charge is 0.354 e. The third kappa shape index (κ3) is 3.96. The summed E-state index contributed by atoms with van der Waals surface area (Å²) in [5.74, 6) is 1.06. The van der Waals surface area contributed by atoms with Crippen molar-refractivity contribution in [2.24, 2.45) is 11.8 Å². The van der Waals surface area contributed by atoms with Gasteiger partial charge in [-0.15, -0.1) is 0 Å². The fourth-order valence-corrected chi connectivity index (χ4v) is 2.43. The number of carbonyl (C=O) groups excluding carboxylic acids is 1. The molecule has 1 saturated heterocycles. The maximum Gasteiger partial charge on any atom is 0.225 e. The summed E-state index contributed by atoms with van der Waals surface area (Å²) >= 11 is 0. The van der Waals surface area contributed by atoms with Gasteiger partial charge in [0.1, 0.15) is 0 Å². The molecule has 0 bridgehead atoms. The summed E-state index contributed by atoms with van der Waals surface area (Å²) in [7, 11) is 4.19. The van der Waals surface area contributed by atoms with E-state index < -0.39 is 0 Å². The average Bonchev–Trinajstić information content (AvgIpc) is 2.21. The van der Waals surface area contributed by atoms with E-state index >= 15 is 0 Å². The summed E-state index contributed by atoms with van der Waals surface area (Å²) in [4.78, 5) is 14.0. The molecule has 0 aromatic heterocycles. The lowest BCUT2D eigenvalue weighted by Gasteiger charge is -2.33. The molecule has 1 aliphatic heterocycles. The molecule has 100 valence electrons. The molecule has 0 aliphatic carbocycles. The van der Waals surface area contributed by atoms with Crippen molar-refractivity contribution < 1.29 is 4.79 Å². The predicted molar refractivity (Wildman–Crippen MR) is 70.9 cm³/mol. The van der Waals surface area contributed by atoms with Gasteiger partial charge in [0.05, 0.1) is 5.92 Å². The van der Waals surface area contributed by atoms with Gasteiger partial charge in [-0.05, 0) is 20.0 Å². The normalized spacial score (nSPS) is 18.2. The van der Waals surface area contributed by atoms with Crippen LogP contribution in [0.4, 0.5) is 0 Å².